The maximum atomic E-state index is 13.0. The molecule has 3 aromatic heterocycles. The highest BCUT2D eigenvalue weighted by atomic mass is 19.3. The largest absolute Gasteiger partial charge is 0.507 e. The molecule has 4 aromatic carbocycles. The average molecular weight is 1230 g/mol. The van der Waals surface area contributed by atoms with Crippen molar-refractivity contribution in [3.05, 3.63) is 141 Å². The summed E-state index contributed by atoms with van der Waals surface area (Å²) in [4.78, 5) is 48.7. The van der Waals surface area contributed by atoms with Gasteiger partial charge in [0.15, 0.2) is 17.3 Å². The zero-order valence-corrected chi connectivity index (χ0v) is 53.7. The number of hydrogen-bond donors (Lipinski definition) is 4. The number of carboxylic acids is 1. The third-order valence-corrected chi connectivity index (χ3v) is 13.3. The van der Waals surface area contributed by atoms with Gasteiger partial charge in [-0.3, -0.25) is 14.4 Å². The van der Waals surface area contributed by atoms with Crippen LogP contribution in [0.15, 0.2) is 84.9 Å². The number of aryl methyl sites for hydroxylation is 6. The molecule has 5 N–H and O–H groups in total. The fourth-order valence-electron chi connectivity index (χ4n) is 9.75. The van der Waals surface area contributed by atoms with Crippen molar-refractivity contribution in [2.75, 3.05) is 34.2 Å². The normalized spacial score (nSPS) is 11.4. The SMILES string of the molecule is COc1cc(-n2c(C)ccc2C)cc(O)c1C(=O)CC(C)(C)C.COc1cc(-n2c(C)ccc2C)cc(O)c1C(=O)O.COc1cc(-n2c(C)ccc2C)cc(OC(F)F)c1C(=O)CC(C)(C)C.COc1cc(N)cc(OC(F)F)c1C(=O)CC(C)(C)C. The summed E-state index contributed by atoms with van der Waals surface area (Å²) in [6.07, 6.45) is 0.703. The number of benzene rings is 4. The Kier molecular flexibility index (Phi) is 24.1. The highest BCUT2D eigenvalue weighted by Crippen LogP contribution is 2.40. The number of nitrogen functional groups attached to an aromatic ring is 1. The molecule has 7 aromatic rings. The maximum absolute atomic E-state index is 13.0. The molecule has 7 rings (SSSR count). The first kappa shape index (κ1) is 71.6. The van der Waals surface area contributed by atoms with Crippen LogP contribution in [0, 0.1) is 57.8 Å². The first-order chi connectivity index (χ1) is 40.8. The van der Waals surface area contributed by atoms with Crippen molar-refractivity contribution in [2.45, 2.75) is 136 Å². The number of anilines is 1. The summed E-state index contributed by atoms with van der Waals surface area (Å²) >= 11 is 0. The van der Waals surface area contributed by atoms with Crippen LogP contribution in [0.4, 0.5) is 23.2 Å². The van der Waals surface area contributed by atoms with Crippen LogP contribution < -0.4 is 34.2 Å². The van der Waals surface area contributed by atoms with E-state index in [-0.39, 0.29) is 115 Å². The molecule has 0 amide bonds. The van der Waals surface area contributed by atoms with Crippen LogP contribution in [0.3, 0.4) is 0 Å². The van der Waals surface area contributed by atoms with Crippen molar-refractivity contribution in [3.63, 3.8) is 0 Å². The molecule has 0 fully saturated rings. The molecule has 17 nitrogen and oxygen atoms in total. The zero-order valence-electron chi connectivity index (χ0n) is 53.7. The standard InChI is InChI=1S/C20H25F2NO3.C19H25NO3.C14H19F2NO3.C14H15NO4/c1-12-7-8-13(2)23(12)14-9-16(25-6)18(15(24)11-20(3,4)5)17(10-14)26-19(21)22;1-12-7-8-13(2)20(12)14-9-15(21)18(17(10-14)23-6)16(22)11-19(3,4)5;1-14(2,3)7-9(18)12-10(19-4)5-8(17)6-11(12)20-13(15)16;1-8-4-5-9(2)15(8)10-6-11(16)13(14(17)18)12(7-10)19-3/h7-10,19H,11H2,1-6H3;7-10,21H,11H2,1-6H3;5-6,13H,7,17H2,1-4H3;4-7,16H,1-3H3,(H,17,18). The van der Waals surface area contributed by atoms with Gasteiger partial charge in [-0.15, -0.1) is 0 Å². The molecular weight excluding hydrogens is 1140 g/mol. The van der Waals surface area contributed by atoms with Gasteiger partial charge in [0.2, 0.25) is 0 Å². The van der Waals surface area contributed by atoms with Gasteiger partial charge in [0.1, 0.15) is 68.2 Å². The minimum atomic E-state index is -3.04. The van der Waals surface area contributed by atoms with Crippen molar-refractivity contribution in [1.29, 1.82) is 0 Å². The third kappa shape index (κ3) is 19.1. The molecule has 0 saturated carbocycles. The molecule has 0 unspecified atom stereocenters. The Hall–Kier alpha value is -8.88. The second-order valence-corrected chi connectivity index (χ2v) is 24.6. The Morgan fingerprint density at radius 1 is 0.420 bits per heavy atom. The van der Waals surface area contributed by atoms with Gasteiger partial charge < -0.3 is 63.2 Å². The molecule has 0 saturated heterocycles. The average Bonchev–Trinajstić information content (AvgIpc) is 2.70. The fourth-order valence-corrected chi connectivity index (χ4v) is 9.75. The van der Waals surface area contributed by atoms with Crippen LogP contribution in [-0.4, -0.2) is 94.0 Å². The maximum Gasteiger partial charge on any atom is 0.387 e. The Balaban J connectivity index is 0.000000253. The predicted octanol–water partition coefficient (Wildman–Crippen LogP) is 15.8. The van der Waals surface area contributed by atoms with Gasteiger partial charge in [-0.1, -0.05) is 62.3 Å². The summed E-state index contributed by atoms with van der Waals surface area (Å²) in [5.74, 6) is -1.84. The predicted molar refractivity (Wildman–Crippen MR) is 332 cm³/mol. The van der Waals surface area contributed by atoms with Gasteiger partial charge >= 0.3 is 19.2 Å². The number of carbonyl (C=O) groups is 4. The molecule has 0 atom stereocenters. The summed E-state index contributed by atoms with van der Waals surface area (Å²) < 4.78 is 86.6. The molecule has 0 aliphatic heterocycles. The highest BCUT2D eigenvalue weighted by Gasteiger charge is 2.29. The lowest BCUT2D eigenvalue weighted by molar-refractivity contribution is -0.0510. The second-order valence-electron chi connectivity index (χ2n) is 24.6. The van der Waals surface area contributed by atoms with Crippen molar-refractivity contribution in [3.8, 4) is 63.1 Å². The number of phenolic OH excluding ortho intramolecular Hbond substituents is 1. The number of ether oxygens (including phenoxy) is 6. The van der Waals surface area contributed by atoms with Gasteiger partial charge in [0, 0.05) is 108 Å². The number of aromatic nitrogens is 3. The van der Waals surface area contributed by atoms with E-state index in [2.05, 4.69) is 4.74 Å². The van der Waals surface area contributed by atoms with Crippen molar-refractivity contribution >= 4 is 29.0 Å². The number of nitrogens with two attached hydrogens (primary N) is 1. The van der Waals surface area contributed by atoms with Crippen LogP contribution in [0.1, 0.15) is 157 Å². The number of halogens is 4. The Morgan fingerprint density at radius 3 is 0.955 bits per heavy atom. The third-order valence-electron chi connectivity index (χ3n) is 13.3. The number of hydrogen-bond acceptors (Lipinski definition) is 13. The topological polar surface area (TPSA) is 225 Å². The number of carboxylic acid groups (broad SMARTS) is 1. The molecular formula is C67H84F4N4O13. The van der Waals surface area contributed by atoms with Crippen LogP contribution in [-0.2, 0) is 0 Å². The quantitative estimate of drug-likeness (QED) is 0.0356. The van der Waals surface area contributed by atoms with Gasteiger partial charge in [-0.2, -0.15) is 17.6 Å². The summed E-state index contributed by atoms with van der Waals surface area (Å²) in [7, 11) is 5.64. The number of alkyl halides is 4. The van der Waals surface area contributed by atoms with Gasteiger partial charge in [-0.05, 0) is 94.2 Å². The van der Waals surface area contributed by atoms with Crippen LogP contribution in [0.5, 0.6) is 46.0 Å². The highest BCUT2D eigenvalue weighted by molar-refractivity contribution is 6.03. The van der Waals surface area contributed by atoms with Gasteiger partial charge in [0.05, 0.1) is 45.5 Å². The summed E-state index contributed by atoms with van der Waals surface area (Å²) in [6.45, 7) is 22.9. The number of aromatic carboxylic acids is 1. The number of rotatable bonds is 18. The molecule has 0 bridgehead atoms. The van der Waals surface area contributed by atoms with E-state index in [9.17, 15) is 47.0 Å². The zero-order chi connectivity index (χ0) is 66.7. The summed E-state index contributed by atoms with van der Waals surface area (Å²) in [5, 5.41) is 29.4. The van der Waals surface area contributed by atoms with E-state index in [4.69, 9.17) is 34.5 Å². The first-order valence-electron chi connectivity index (χ1n) is 28.0. The molecule has 0 spiro atoms. The minimum absolute atomic E-state index is 0.00285. The van der Waals surface area contributed by atoms with E-state index in [0.29, 0.717) is 23.5 Å². The number of aromatic hydroxyl groups is 2. The van der Waals surface area contributed by atoms with E-state index in [1.165, 1.54) is 52.7 Å². The Bertz CT molecular complexity index is 3560. The van der Waals surface area contributed by atoms with Crippen LogP contribution >= 0.6 is 0 Å². The van der Waals surface area contributed by atoms with Crippen molar-refractivity contribution in [2.24, 2.45) is 16.2 Å². The number of methoxy groups -OCH3 is 4. The van der Waals surface area contributed by atoms with Crippen LogP contribution in [0.2, 0.25) is 0 Å². The molecule has 0 aliphatic carbocycles. The summed E-state index contributed by atoms with van der Waals surface area (Å²) in [5.41, 5.74) is 13.1. The molecule has 3 heterocycles. The van der Waals surface area contributed by atoms with E-state index >= 15 is 0 Å². The van der Waals surface area contributed by atoms with Gasteiger partial charge in [0.25, 0.3) is 0 Å². The Morgan fingerprint density at radius 2 is 0.659 bits per heavy atom. The molecule has 21 heteroatoms. The first-order valence-corrected chi connectivity index (χ1v) is 28.0. The summed E-state index contributed by atoms with van der Waals surface area (Å²) in [6, 6.07) is 24.0. The number of ketones is 3. The van der Waals surface area contributed by atoms with E-state index in [0.717, 1.165) is 39.9 Å². The lowest BCUT2D eigenvalue weighted by Crippen LogP contribution is -2.16. The lowest BCUT2D eigenvalue weighted by atomic mass is 9.87. The number of Topliss-reactive ketones (excluding diaryl/α,β-unsaturated/α-hetero) is 3. The minimum Gasteiger partial charge on any atom is -0.507 e. The Labute approximate surface area is 512 Å². The van der Waals surface area contributed by atoms with Crippen molar-refractivity contribution < 1.29 is 80.5 Å². The van der Waals surface area contributed by atoms with E-state index in [1.54, 1.807) is 24.3 Å². The van der Waals surface area contributed by atoms with E-state index < -0.39 is 19.2 Å². The number of phenols is 2. The number of nitrogens with zero attached hydrogens (tertiary/aromatic N) is 3. The second kappa shape index (κ2) is 29.7. The molecule has 88 heavy (non-hydrogen) atoms. The smallest absolute Gasteiger partial charge is 0.387 e. The van der Waals surface area contributed by atoms with Crippen molar-refractivity contribution in [1.82, 2.24) is 13.7 Å². The molecule has 478 valence electrons. The van der Waals surface area contributed by atoms with E-state index in [1.807, 2.05) is 154 Å². The molecule has 0 radical (unpaired) electrons. The van der Waals surface area contributed by atoms with Crippen LogP contribution in [0.25, 0.3) is 17.1 Å². The lowest BCUT2D eigenvalue weighted by Gasteiger charge is -2.21. The molecule has 0 aliphatic rings. The number of carbonyl (C=O) groups excluding carboxylic acids is 3. The monoisotopic (exact) mass is 1230 g/mol. The fraction of sp³-hybridized carbons (Fsp3) is 0.403. The van der Waals surface area contributed by atoms with Gasteiger partial charge in [-0.25, -0.2) is 4.79 Å².